The summed E-state index contributed by atoms with van der Waals surface area (Å²) in [5.74, 6) is 0.798. The Hall–Kier alpha value is -0.770. The summed E-state index contributed by atoms with van der Waals surface area (Å²) in [6.45, 7) is 6.26. The van der Waals surface area contributed by atoms with Crippen LogP contribution >= 0.6 is 11.6 Å². The molecule has 0 bridgehead atoms. The van der Waals surface area contributed by atoms with Crippen molar-refractivity contribution in [3.8, 4) is 5.75 Å². The molecule has 1 aromatic carbocycles. The van der Waals surface area contributed by atoms with Gasteiger partial charge in [0.15, 0.2) is 0 Å². The molecule has 1 N–H and O–H groups in total. The third kappa shape index (κ3) is 5.70. The van der Waals surface area contributed by atoms with Crippen LogP contribution in [0, 0.1) is 0 Å². The maximum atomic E-state index is 6.03. The van der Waals surface area contributed by atoms with Crippen LogP contribution in [-0.2, 0) is 4.74 Å². The van der Waals surface area contributed by atoms with Crippen molar-refractivity contribution in [3.05, 3.63) is 29.3 Å². The van der Waals surface area contributed by atoms with Gasteiger partial charge in [0.1, 0.15) is 18.8 Å². The molecule has 1 aromatic rings. The first-order chi connectivity index (χ1) is 9.86. The fourth-order valence-corrected chi connectivity index (χ4v) is 2.67. The van der Waals surface area contributed by atoms with Gasteiger partial charge < -0.3 is 14.4 Å². The number of unbranched alkanes of at least 4 members (excludes halogenated alkanes) is 3. The number of para-hydroxylation sites is 1. The van der Waals surface area contributed by atoms with Crippen LogP contribution in [0.2, 0.25) is 5.02 Å². The number of hydrogen-bond donors (Lipinski definition) is 1. The van der Waals surface area contributed by atoms with Gasteiger partial charge in [-0.15, -0.1) is 0 Å². The second-order valence-corrected chi connectivity index (χ2v) is 5.71. The highest BCUT2D eigenvalue weighted by Gasteiger charge is 2.12. The van der Waals surface area contributed by atoms with Crippen molar-refractivity contribution in [1.29, 1.82) is 0 Å². The van der Waals surface area contributed by atoms with E-state index in [9.17, 15) is 0 Å². The maximum Gasteiger partial charge on any atom is 0.137 e. The second kappa shape index (κ2) is 9.22. The van der Waals surface area contributed by atoms with Gasteiger partial charge >= 0.3 is 0 Å². The van der Waals surface area contributed by atoms with Crippen LogP contribution in [0.25, 0.3) is 0 Å². The Morgan fingerprint density at radius 2 is 1.80 bits per heavy atom. The Morgan fingerprint density at radius 1 is 1.05 bits per heavy atom. The summed E-state index contributed by atoms with van der Waals surface area (Å²) in [4.78, 5) is 1.70. The molecule has 0 saturated carbocycles. The summed E-state index contributed by atoms with van der Waals surface area (Å²) >= 11 is 6.03. The van der Waals surface area contributed by atoms with E-state index < -0.39 is 0 Å². The van der Waals surface area contributed by atoms with Gasteiger partial charge in [-0.3, -0.25) is 0 Å². The van der Waals surface area contributed by atoms with E-state index >= 15 is 0 Å². The minimum Gasteiger partial charge on any atom is -0.492 e. The van der Waals surface area contributed by atoms with Gasteiger partial charge in [0.25, 0.3) is 0 Å². The van der Waals surface area contributed by atoms with Crippen molar-refractivity contribution < 1.29 is 14.4 Å². The minimum atomic E-state index is 0.698. The van der Waals surface area contributed by atoms with E-state index in [1.165, 1.54) is 38.9 Å². The van der Waals surface area contributed by atoms with Gasteiger partial charge in [0.05, 0.1) is 31.4 Å². The lowest BCUT2D eigenvalue weighted by Crippen LogP contribution is -3.14. The lowest BCUT2D eigenvalue weighted by molar-refractivity contribution is -0.908. The van der Waals surface area contributed by atoms with E-state index in [1.54, 1.807) is 4.90 Å². The maximum absolute atomic E-state index is 6.03. The molecule has 1 fully saturated rings. The number of quaternary nitrogens is 1. The number of benzene rings is 1. The molecule has 0 aromatic heterocycles. The zero-order valence-electron chi connectivity index (χ0n) is 12.1. The Kier molecular flexibility index (Phi) is 7.20. The molecule has 1 aliphatic heterocycles. The predicted molar refractivity (Wildman–Crippen MR) is 81.8 cm³/mol. The standard InChI is InChI=1S/C16H24ClNO2/c17-15-7-3-4-8-16(15)20-12-6-2-1-5-9-18-10-13-19-14-11-18/h3-4,7-8H,1-2,5-6,9-14H2/p+1. The van der Waals surface area contributed by atoms with Crippen molar-refractivity contribution in [2.24, 2.45) is 0 Å². The number of rotatable bonds is 8. The number of morpholine rings is 1. The molecular formula is C16H25ClNO2+. The highest BCUT2D eigenvalue weighted by Crippen LogP contribution is 2.23. The molecule has 112 valence electrons. The summed E-state index contributed by atoms with van der Waals surface area (Å²) in [6.07, 6.45) is 4.93. The smallest absolute Gasteiger partial charge is 0.137 e. The zero-order valence-corrected chi connectivity index (χ0v) is 12.8. The number of nitrogens with one attached hydrogen (secondary N) is 1. The molecular weight excluding hydrogens is 274 g/mol. The molecule has 0 amide bonds. The first-order valence-electron chi connectivity index (χ1n) is 7.65. The fraction of sp³-hybridized carbons (Fsp3) is 0.625. The fourth-order valence-electron chi connectivity index (χ4n) is 2.48. The summed E-state index contributed by atoms with van der Waals surface area (Å²) in [6, 6.07) is 7.65. The van der Waals surface area contributed by atoms with Crippen molar-refractivity contribution >= 4 is 11.6 Å². The van der Waals surface area contributed by atoms with E-state index in [1.807, 2.05) is 24.3 Å². The van der Waals surface area contributed by atoms with Crippen LogP contribution in [0.4, 0.5) is 0 Å². The first-order valence-corrected chi connectivity index (χ1v) is 8.03. The van der Waals surface area contributed by atoms with Gasteiger partial charge in [-0.25, -0.2) is 0 Å². The average Bonchev–Trinajstić information content (AvgIpc) is 2.49. The molecule has 2 rings (SSSR count). The lowest BCUT2D eigenvalue weighted by atomic mass is 10.2. The Balaban J connectivity index is 1.46. The van der Waals surface area contributed by atoms with E-state index in [2.05, 4.69) is 0 Å². The van der Waals surface area contributed by atoms with E-state index in [0.29, 0.717) is 5.02 Å². The average molecular weight is 299 g/mol. The Bertz CT molecular complexity index is 380. The second-order valence-electron chi connectivity index (χ2n) is 5.31. The van der Waals surface area contributed by atoms with E-state index in [-0.39, 0.29) is 0 Å². The molecule has 0 spiro atoms. The Labute approximate surface area is 126 Å². The molecule has 0 atom stereocenters. The van der Waals surface area contributed by atoms with Crippen LogP contribution in [-0.4, -0.2) is 39.5 Å². The molecule has 1 aliphatic rings. The minimum absolute atomic E-state index is 0.698. The van der Waals surface area contributed by atoms with Gasteiger partial charge in [-0.1, -0.05) is 23.7 Å². The third-order valence-electron chi connectivity index (χ3n) is 3.72. The van der Waals surface area contributed by atoms with Crippen molar-refractivity contribution in [2.75, 3.05) is 39.5 Å². The van der Waals surface area contributed by atoms with Gasteiger partial charge in [-0.2, -0.15) is 0 Å². The molecule has 1 saturated heterocycles. The Morgan fingerprint density at radius 3 is 2.60 bits per heavy atom. The highest BCUT2D eigenvalue weighted by molar-refractivity contribution is 6.32. The molecule has 0 aliphatic carbocycles. The molecule has 20 heavy (non-hydrogen) atoms. The molecule has 3 nitrogen and oxygen atoms in total. The van der Waals surface area contributed by atoms with Gasteiger partial charge in [-0.05, 0) is 37.8 Å². The van der Waals surface area contributed by atoms with Gasteiger partial charge in [0, 0.05) is 0 Å². The summed E-state index contributed by atoms with van der Waals surface area (Å²) in [7, 11) is 0. The molecule has 0 radical (unpaired) electrons. The SMILES string of the molecule is Clc1ccccc1OCCCCCC[NH+]1CCOCC1. The quantitative estimate of drug-likeness (QED) is 0.744. The normalized spacial score (nSPS) is 16.2. The van der Waals surface area contributed by atoms with Crippen molar-refractivity contribution in [2.45, 2.75) is 25.7 Å². The van der Waals surface area contributed by atoms with Crippen LogP contribution in [0.3, 0.4) is 0 Å². The van der Waals surface area contributed by atoms with E-state index in [0.717, 1.165) is 32.0 Å². The molecule has 0 unspecified atom stereocenters. The van der Waals surface area contributed by atoms with Crippen LogP contribution in [0.1, 0.15) is 25.7 Å². The van der Waals surface area contributed by atoms with Crippen LogP contribution in [0.15, 0.2) is 24.3 Å². The van der Waals surface area contributed by atoms with Crippen LogP contribution in [0.5, 0.6) is 5.75 Å². The highest BCUT2D eigenvalue weighted by atomic mass is 35.5. The lowest BCUT2D eigenvalue weighted by Gasteiger charge is -2.23. The van der Waals surface area contributed by atoms with Crippen molar-refractivity contribution in [3.63, 3.8) is 0 Å². The predicted octanol–water partition coefficient (Wildman–Crippen LogP) is 2.19. The number of ether oxygens (including phenoxy) is 2. The largest absolute Gasteiger partial charge is 0.492 e. The summed E-state index contributed by atoms with van der Waals surface area (Å²) in [5, 5.41) is 0.698. The summed E-state index contributed by atoms with van der Waals surface area (Å²) < 4.78 is 11.0. The summed E-state index contributed by atoms with van der Waals surface area (Å²) in [5.41, 5.74) is 0. The molecule has 4 heteroatoms. The van der Waals surface area contributed by atoms with Gasteiger partial charge in [0.2, 0.25) is 0 Å². The third-order valence-corrected chi connectivity index (χ3v) is 4.03. The van der Waals surface area contributed by atoms with Crippen molar-refractivity contribution in [1.82, 2.24) is 0 Å². The topological polar surface area (TPSA) is 22.9 Å². The monoisotopic (exact) mass is 298 g/mol. The number of hydrogen-bond acceptors (Lipinski definition) is 2. The zero-order chi connectivity index (χ0) is 14.0. The molecule has 1 heterocycles. The van der Waals surface area contributed by atoms with E-state index in [4.69, 9.17) is 21.1 Å². The van der Waals surface area contributed by atoms with Crippen LogP contribution < -0.4 is 9.64 Å². The number of halogens is 1. The first kappa shape index (κ1) is 15.6.